The summed E-state index contributed by atoms with van der Waals surface area (Å²) in [5.74, 6) is -0.466. The molecule has 1 aliphatic carbocycles. The van der Waals surface area contributed by atoms with Gasteiger partial charge in [0.1, 0.15) is 0 Å². The van der Waals surface area contributed by atoms with E-state index in [2.05, 4.69) is 4.74 Å². The Morgan fingerprint density at radius 3 is 2.39 bits per heavy atom. The molecule has 0 amide bonds. The van der Waals surface area contributed by atoms with Crippen molar-refractivity contribution >= 4 is 28.1 Å². The van der Waals surface area contributed by atoms with E-state index in [-0.39, 0.29) is 5.78 Å². The van der Waals surface area contributed by atoms with Gasteiger partial charge in [-0.1, -0.05) is 18.6 Å². The number of rotatable bonds is 3. The minimum Gasteiger partial charge on any atom is -0.465 e. The van der Waals surface area contributed by atoms with Crippen molar-refractivity contribution < 1.29 is 14.3 Å². The van der Waals surface area contributed by atoms with E-state index in [1.165, 1.54) is 18.4 Å². The van der Waals surface area contributed by atoms with E-state index in [0.29, 0.717) is 21.7 Å². The summed E-state index contributed by atoms with van der Waals surface area (Å²) < 4.78 is 4.67. The first-order valence-corrected chi connectivity index (χ1v) is 8.56. The average molecular weight is 329 g/mol. The third-order valence-corrected chi connectivity index (χ3v) is 5.36. The second-order valence-corrected chi connectivity index (χ2v) is 6.84. The molecule has 0 bridgehead atoms. The fraction of sp³-hybridized carbons (Fsp3) is 0.333. The third kappa shape index (κ3) is 3.01. The van der Waals surface area contributed by atoms with Crippen LogP contribution >= 0.6 is 11.3 Å². The van der Waals surface area contributed by atoms with E-state index in [1.807, 2.05) is 0 Å². The Balaban J connectivity index is 1.94. The summed E-state index contributed by atoms with van der Waals surface area (Å²) in [7, 11) is 1.34. The lowest BCUT2D eigenvalue weighted by atomic mass is 9.97. The summed E-state index contributed by atoms with van der Waals surface area (Å²) in [6.45, 7) is 0. The van der Waals surface area contributed by atoms with Crippen LogP contribution in [0.2, 0.25) is 0 Å². The number of hydrogen-bond acceptors (Lipinski definition) is 5. The number of ketones is 1. The first kappa shape index (κ1) is 15.7. The number of nitrogen functional groups attached to an aromatic ring is 1. The number of carbonyl (C=O) groups excluding carboxylic acids is 2. The zero-order chi connectivity index (χ0) is 16.4. The molecule has 3 rings (SSSR count). The van der Waals surface area contributed by atoms with Crippen LogP contribution in [0.15, 0.2) is 24.3 Å². The van der Waals surface area contributed by atoms with E-state index in [9.17, 15) is 9.59 Å². The molecule has 0 radical (unpaired) electrons. The highest BCUT2D eigenvalue weighted by Crippen LogP contribution is 2.36. The number of fused-ring (bicyclic) bond motifs is 1. The first-order chi connectivity index (χ1) is 11.1. The molecule has 2 aromatic rings. The molecule has 0 unspecified atom stereocenters. The molecule has 1 aromatic carbocycles. The highest BCUT2D eigenvalue weighted by molar-refractivity contribution is 7.16. The molecular formula is C18H19NO3S. The minimum absolute atomic E-state index is 0.0571. The maximum Gasteiger partial charge on any atom is 0.337 e. The Morgan fingerprint density at radius 2 is 1.70 bits per heavy atom. The molecule has 0 spiro atoms. The van der Waals surface area contributed by atoms with E-state index < -0.39 is 5.97 Å². The molecule has 1 aromatic heterocycles. The number of benzene rings is 1. The average Bonchev–Trinajstić information content (AvgIpc) is 2.73. The van der Waals surface area contributed by atoms with Crippen LogP contribution in [0, 0.1) is 0 Å². The van der Waals surface area contributed by atoms with Crippen molar-refractivity contribution in [3.8, 4) is 0 Å². The number of thiophene rings is 1. The monoisotopic (exact) mass is 329 g/mol. The minimum atomic E-state index is -0.409. The van der Waals surface area contributed by atoms with Crippen molar-refractivity contribution in [1.29, 1.82) is 0 Å². The van der Waals surface area contributed by atoms with Crippen molar-refractivity contribution in [2.45, 2.75) is 32.1 Å². The predicted molar refractivity (Wildman–Crippen MR) is 91.2 cm³/mol. The largest absolute Gasteiger partial charge is 0.465 e. The third-order valence-electron chi connectivity index (χ3n) is 4.24. The highest BCUT2D eigenvalue weighted by atomic mass is 32.1. The fourth-order valence-corrected chi connectivity index (χ4v) is 4.19. The lowest BCUT2D eigenvalue weighted by molar-refractivity contribution is 0.0600. The van der Waals surface area contributed by atoms with Crippen LogP contribution < -0.4 is 5.73 Å². The second kappa shape index (κ2) is 6.54. The van der Waals surface area contributed by atoms with Crippen LogP contribution in [-0.4, -0.2) is 18.9 Å². The molecule has 5 heteroatoms. The van der Waals surface area contributed by atoms with Gasteiger partial charge in [-0.05, 0) is 43.4 Å². The maximum atomic E-state index is 12.9. The fourth-order valence-electron chi connectivity index (χ4n) is 3.03. The van der Waals surface area contributed by atoms with Crippen molar-refractivity contribution in [3.05, 3.63) is 51.4 Å². The van der Waals surface area contributed by atoms with Gasteiger partial charge >= 0.3 is 5.97 Å². The van der Waals surface area contributed by atoms with Crippen LogP contribution in [0.4, 0.5) is 5.00 Å². The molecule has 1 heterocycles. The lowest BCUT2D eigenvalue weighted by Crippen LogP contribution is -2.07. The Kier molecular flexibility index (Phi) is 4.48. The topological polar surface area (TPSA) is 69.4 Å². The smallest absolute Gasteiger partial charge is 0.337 e. The van der Waals surface area contributed by atoms with E-state index >= 15 is 0 Å². The van der Waals surface area contributed by atoms with Gasteiger partial charge in [0.25, 0.3) is 0 Å². The molecule has 0 atom stereocenters. The standard InChI is InChI=1S/C18H19NO3S/c1-22-18(21)12-9-7-11(8-10-12)16(20)15-13-5-3-2-4-6-14(13)23-17(15)19/h7-10H,2-6,19H2,1H3. The number of ether oxygens (including phenoxy) is 1. The number of hydrogen-bond donors (Lipinski definition) is 1. The van der Waals surface area contributed by atoms with Gasteiger partial charge in [-0.25, -0.2) is 4.79 Å². The lowest BCUT2D eigenvalue weighted by Gasteiger charge is -2.06. The number of nitrogens with two attached hydrogens (primary N) is 1. The maximum absolute atomic E-state index is 12.9. The molecule has 0 aliphatic heterocycles. The summed E-state index contributed by atoms with van der Waals surface area (Å²) in [6, 6.07) is 6.55. The van der Waals surface area contributed by atoms with Gasteiger partial charge < -0.3 is 10.5 Å². The highest BCUT2D eigenvalue weighted by Gasteiger charge is 2.24. The van der Waals surface area contributed by atoms with E-state index in [4.69, 9.17) is 5.73 Å². The Hall–Kier alpha value is -2.14. The second-order valence-electron chi connectivity index (χ2n) is 5.70. The SMILES string of the molecule is COC(=O)c1ccc(C(=O)c2c(N)sc3c2CCCCC3)cc1. The molecule has 2 N–H and O–H groups in total. The van der Waals surface area contributed by atoms with Gasteiger partial charge in [0.05, 0.1) is 23.2 Å². The van der Waals surface area contributed by atoms with Gasteiger partial charge in [-0.3, -0.25) is 4.79 Å². The Bertz CT molecular complexity index is 746. The zero-order valence-electron chi connectivity index (χ0n) is 13.1. The van der Waals surface area contributed by atoms with Gasteiger partial charge in [0, 0.05) is 10.4 Å². The molecule has 0 saturated heterocycles. The van der Waals surface area contributed by atoms with Crippen LogP contribution in [0.5, 0.6) is 0 Å². The van der Waals surface area contributed by atoms with Crippen LogP contribution in [-0.2, 0) is 17.6 Å². The van der Waals surface area contributed by atoms with Gasteiger partial charge in [0.2, 0.25) is 0 Å². The Morgan fingerprint density at radius 1 is 1.04 bits per heavy atom. The summed E-state index contributed by atoms with van der Waals surface area (Å²) in [4.78, 5) is 25.6. The predicted octanol–water partition coefficient (Wildman–Crippen LogP) is 3.62. The quantitative estimate of drug-likeness (QED) is 0.530. The molecular weight excluding hydrogens is 310 g/mol. The van der Waals surface area contributed by atoms with Crippen LogP contribution in [0.3, 0.4) is 0 Å². The molecule has 1 aliphatic rings. The van der Waals surface area contributed by atoms with Gasteiger partial charge in [0.15, 0.2) is 5.78 Å². The summed E-state index contributed by atoms with van der Waals surface area (Å²) in [6.07, 6.45) is 5.39. The number of carbonyl (C=O) groups is 2. The zero-order valence-corrected chi connectivity index (χ0v) is 13.9. The molecule has 0 fully saturated rings. The molecule has 4 nitrogen and oxygen atoms in total. The number of esters is 1. The van der Waals surface area contributed by atoms with Crippen LogP contribution in [0.25, 0.3) is 0 Å². The molecule has 120 valence electrons. The van der Waals surface area contributed by atoms with E-state index in [0.717, 1.165) is 31.2 Å². The number of methoxy groups -OCH3 is 1. The Labute approximate surface area is 139 Å². The van der Waals surface area contributed by atoms with Gasteiger partial charge in [-0.2, -0.15) is 0 Å². The van der Waals surface area contributed by atoms with Crippen molar-refractivity contribution in [2.75, 3.05) is 12.8 Å². The summed E-state index contributed by atoms with van der Waals surface area (Å²) >= 11 is 1.55. The molecule has 0 saturated carbocycles. The summed E-state index contributed by atoms with van der Waals surface area (Å²) in [5.41, 5.74) is 8.91. The number of anilines is 1. The van der Waals surface area contributed by atoms with Gasteiger partial charge in [-0.15, -0.1) is 11.3 Å². The summed E-state index contributed by atoms with van der Waals surface area (Å²) in [5, 5.41) is 0.610. The number of aryl methyl sites for hydroxylation is 1. The van der Waals surface area contributed by atoms with Crippen molar-refractivity contribution in [1.82, 2.24) is 0 Å². The van der Waals surface area contributed by atoms with Crippen LogP contribution in [0.1, 0.15) is 56.0 Å². The van der Waals surface area contributed by atoms with Crippen molar-refractivity contribution in [3.63, 3.8) is 0 Å². The molecule has 23 heavy (non-hydrogen) atoms. The first-order valence-electron chi connectivity index (χ1n) is 7.75. The normalized spacial score (nSPS) is 14.0. The van der Waals surface area contributed by atoms with Crippen molar-refractivity contribution in [2.24, 2.45) is 0 Å². The van der Waals surface area contributed by atoms with E-state index in [1.54, 1.807) is 35.6 Å².